The van der Waals surface area contributed by atoms with Crippen LogP contribution in [-0.2, 0) is 11.8 Å². The number of anilines is 5. The Morgan fingerprint density at radius 2 is 1.14 bits per heavy atom. The summed E-state index contributed by atoms with van der Waals surface area (Å²) >= 11 is 1.85. The molecule has 10 rings (SSSR count). The second kappa shape index (κ2) is 11.8. The maximum absolute atomic E-state index is 2.52. The first-order chi connectivity index (χ1) is 25.0. The van der Waals surface area contributed by atoms with Crippen LogP contribution in [0, 0.1) is 0 Å². The molecule has 1 aliphatic carbocycles. The fraction of sp³-hybridized carbons (Fsp3) is 0.125. The molecular weight excluding hydrogens is 637 g/mol. The zero-order valence-electron chi connectivity index (χ0n) is 28.9. The standard InChI is InChI=1S/C48H38N2S/c1-48(2)41-29-33(20-25-39(41)40-26-24-37(31-42(40)48)49-27-9-11-34-10-3-4-12-43(34)49)18-17-32-19-21-36-30-38(23-22-35(36)28-32)50-44-13-5-7-15-46(44)51-47-16-8-6-14-45(47)50/h3-8,10,12-26,28-31H,9,11,27H2,1-2H3/b18-17+. The number of aryl methyl sites for hydroxylation is 1. The number of benzene rings is 7. The van der Waals surface area contributed by atoms with Gasteiger partial charge in [-0.15, -0.1) is 0 Å². The SMILES string of the molecule is CC1(C)c2cc(/C=C/c3ccc4cc(N5c6ccccc6Sc6ccccc65)ccc4c3)ccc2-c2ccc(N3CCCc4ccccc43)cc21. The molecule has 0 N–H and O–H groups in total. The fourth-order valence-electron chi connectivity index (χ4n) is 8.49. The van der Waals surface area contributed by atoms with E-state index in [4.69, 9.17) is 0 Å². The molecule has 0 bridgehead atoms. The minimum Gasteiger partial charge on any atom is -0.341 e. The van der Waals surface area contributed by atoms with Crippen molar-refractivity contribution in [3.63, 3.8) is 0 Å². The van der Waals surface area contributed by atoms with Crippen LogP contribution in [0.2, 0.25) is 0 Å². The second-order valence-corrected chi connectivity index (χ2v) is 15.6. The van der Waals surface area contributed by atoms with Gasteiger partial charge in [-0.2, -0.15) is 0 Å². The third-order valence-electron chi connectivity index (χ3n) is 11.1. The molecule has 7 aromatic carbocycles. The van der Waals surface area contributed by atoms with E-state index >= 15 is 0 Å². The van der Waals surface area contributed by atoms with Crippen molar-refractivity contribution in [2.75, 3.05) is 16.3 Å². The molecule has 3 aliphatic rings. The Morgan fingerprint density at radius 1 is 0.549 bits per heavy atom. The van der Waals surface area contributed by atoms with Crippen molar-refractivity contribution < 1.29 is 0 Å². The smallest absolute Gasteiger partial charge is 0.0601 e. The summed E-state index contributed by atoms with van der Waals surface area (Å²) in [6, 6.07) is 54.1. The molecule has 0 unspecified atom stereocenters. The van der Waals surface area contributed by atoms with Crippen LogP contribution in [-0.4, -0.2) is 6.54 Å². The van der Waals surface area contributed by atoms with Gasteiger partial charge in [0.2, 0.25) is 0 Å². The lowest BCUT2D eigenvalue weighted by Gasteiger charge is -2.33. The first kappa shape index (κ1) is 30.3. The van der Waals surface area contributed by atoms with Gasteiger partial charge in [0.15, 0.2) is 0 Å². The van der Waals surface area contributed by atoms with Gasteiger partial charge < -0.3 is 9.80 Å². The predicted molar refractivity (Wildman–Crippen MR) is 217 cm³/mol. The predicted octanol–water partition coefficient (Wildman–Crippen LogP) is 13.3. The van der Waals surface area contributed by atoms with Crippen LogP contribution in [0.25, 0.3) is 34.1 Å². The van der Waals surface area contributed by atoms with E-state index in [0.29, 0.717) is 0 Å². The molecule has 2 heterocycles. The van der Waals surface area contributed by atoms with Gasteiger partial charge >= 0.3 is 0 Å². The lowest BCUT2D eigenvalue weighted by Crippen LogP contribution is -2.25. The molecule has 0 radical (unpaired) electrons. The maximum Gasteiger partial charge on any atom is 0.0601 e. The highest BCUT2D eigenvalue weighted by molar-refractivity contribution is 7.99. The van der Waals surface area contributed by atoms with Gasteiger partial charge in [0.05, 0.1) is 11.4 Å². The number of hydrogen-bond acceptors (Lipinski definition) is 3. The largest absolute Gasteiger partial charge is 0.341 e. The van der Waals surface area contributed by atoms with Gasteiger partial charge in [0.25, 0.3) is 0 Å². The summed E-state index contributed by atoms with van der Waals surface area (Å²) in [5.41, 5.74) is 15.7. The summed E-state index contributed by atoms with van der Waals surface area (Å²) in [6.07, 6.45) is 6.87. The molecule has 7 aromatic rings. The number of hydrogen-bond donors (Lipinski definition) is 0. The Kier molecular flexibility index (Phi) is 7.01. The van der Waals surface area contributed by atoms with Gasteiger partial charge in [-0.05, 0) is 123 Å². The number of para-hydroxylation sites is 3. The van der Waals surface area contributed by atoms with Crippen molar-refractivity contribution in [2.24, 2.45) is 0 Å². The maximum atomic E-state index is 2.52. The van der Waals surface area contributed by atoms with Gasteiger partial charge in [-0.25, -0.2) is 0 Å². The van der Waals surface area contributed by atoms with Crippen molar-refractivity contribution in [2.45, 2.75) is 41.9 Å². The van der Waals surface area contributed by atoms with Crippen molar-refractivity contribution in [3.8, 4) is 11.1 Å². The Labute approximate surface area is 304 Å². The Balaban J connectivity index is 0.929. The quantitative estimate of drug-likeness (QED) is 0.172. The van der Waals surface area contributed by atoms with Crippen LogP contribution >= 0.6 is 11.8 Å². The molecule has 51 heavy (non-hydrogen) atoms. The van der Waals surface area contributed by atoms with E-state index in [1.165, 1.54) is 94.4 Å². The van der Waals surface area contributed by atoms with Crippen LogP contribution in [0.1, 0.15) is 48.1 Å². The molecule has 3 heteroatoms. The zero-order chi connectivity index (χ0) is 34.1. The first-order valence-corrected chi connectivity index (χ1v) is 18.9. The van der Waals surface area contributed by atoms with Crippen LogP contribution in [0.4, 0.5) is 28.4 Å². The zero-order valence-corrected chi connectivity index (χ0v) is 29.8. The van der Waals surface area contributed by atoms with Crippen LogP contribution in [0.15, 0.2) is 155 Å². The van der Waals surface area contributed by atoms with Crippen LogP contribution < -0.4 is 9.80 Å². The first-order valence-electron chi connectivity index (χ1n) is 18.0. The minimum atomic E-state index is -0.0748. The van der Waals surface area contributed by atoms with E-state index in [1.54, 1.807) is 0 Å². The molecule has 0 fully saturated rings. The second-order valence-electron chi connectivity index (χ2n) is 14.5. The Bertz CT molecular complexity index is 2500. The number of fused-ring (bicyclic) bond motifs is 7. The summed E-state index contributed by atoms with van der Waals surface area (Å²) in [6.45, 7) is 5.84. The highest BCUT2D eigenvalue weighted by Crippen LogP contribution is 2.52. The molecule has 2 aliphatic heterocycles. The van der Waals surface area contributed by atoms with E-state index in [0.717, 1.165) is 13.0 Å². The van der Waals surface area contributed by atoms with E-state index in [2.05, 4.69) is 181 Å². The third kappa shape index (κ3) is 5.02. The Morgan fingerprint density at radius 3 is 1.92 bits per heavy atom. The minimum absolute atomic E-state index is 0.0748. The number of nitrogens with zero attached hydrogens (tertiary/aromatic N) is 2. The average Bonchev–Trinajstić information content (AvgIpc) is 3.40. The van der Waals surface area contributed by atoms with Crippen molar-refractivity contribution in [3.05, 3.63) is 173 Å². The highest BCUT2D eigenvalue weighted by Gasteiger charge is 2.36. The van der Waals surface area contributed by atoms with E-state index < -0.39 is 0 Å². The molecule has 246 valence electrons. The third-order valence-corrected chi connectivity index (χ3v) is 12.2. The van der Waals surface area contributed by atoms with Gasteiger partial charge in [0.1, 0.15) is 0 Å². The van der Waals surface area contributed by atoms with E-state index in [1.807, 2.05) is 11.8 Å². The summed E-state index contributed by atoms with van der Waals surface area (Å²) in [4.78, 5) is 7.48. The molecular formula is C48H38N2S. The van der Waals surface area contributed by atoms with E-state index in [-0.39, 0.29) is 5.41 Å². The number of rotatable bonds is 4. The molecule has 0 aromatic heterocycles. The molecule has 2 nitrogen and oxygen atoms in total. The molecule has 0 atom stereocenters. The van der Waals surface area contributed by atoms with Crippen molar-refractivity contribution >= 4 is 63.1 Å². The van der Waals surface area contributed by atoms with Crippen LogP contribution in [0.5, 0.6) is 0 Å². The molecule has 0 amide bonds. The fourth-order valence-corrected chi connectivity index (χ4v) is 9.54. The van der Waals surface area contributed by atoms with Crippen LogP contribution in [0.3, 0.4) is 0 Å². The van der Waals surface area contributed by atoms with E-state index in [9.17, 15) is 0 Å². The van der Waals surface area contributed by atoms with Gasteiger partial charge in [0, 0.05) is 38.8 Å². The molecule has 0 saturated heterocycles. The van der Waals surface area contributed by atoms with Crippen molar-refractivity contribution in [1.29, 1.82) is 0 Å². The highest BCUT2D eigenvalue weighted by atomic mass is 32.2. The monoisotopic (exact) mass is 674 g/mol. The topological polar surface area (TPSA) is 6.48 Å². The van der Waals surface area contributed by atoms with Crippen molar-refractivity contribution in [1.82, 2.24) is 0 Å². The normalized spacial score (nSPS) is 15.3. The summed E-state index contributed by atoms with van der Waals surface area (Å²) < 4.78 is 0. The summed E-state index contributed by atoms with van der Waals surface area (Å²) in [7, 11) is 0. The lowest BCUT2D eigenvalue weighted by atomic mass is 9.81. The summed E-state index contributed by atoms with van der Waals surface area (Å²) in [5.74, 6) is 0. The molecule has 0 saturated carbocycles. The summed E-state index contributed by atoms with van der Waals surface area (Å²) in [5, 5.41) is 2.48. The Hall–Kier alpha value is -5.51. The van der Waals surface area contributed by atoms with Gasteiger partial charge in [-0.3, -0.25) is 0 Å². The molecule has 0 spiro atoms. The lowest BCUT2D eigenvalue weighted by molar-refractivity contribution is 0.659. The average molecular weight is 675 g/mol. The van der Waals surface area contributed by atoms with Gasteiger partial charge in [-0.1, -0.05) is 123 Å².